The molecule has 0 bridgehead atoms. The Morgan fingerprint density at radius 3 is 2.58 bits per heavy atom. The van der Waals surface area contributed by atoms with Gasteiger partial charge in [-0.2, -0.15) is 5.10 Å². The summed E-state index contributed by atoms with van der Waals surface area (Å²) in [6.07, 6.45) is 0. The van der Waals surface area contributed by atoms with Gasteiger partial charge in [-0.3, -0.25) is 10.2 Å². The number of benzene rings is 2. The number of hydrogen-bond donors (Lipinski definition) is 1. The van der Waals surface area contributed by atoms with Gasteiger partial charge in [-0.15, -0.1) is 11.3 Å². The van der Waals surface area contributed by atoms with Crippen LogP contribution in [0.5, 0.6) is 0 Å². The fourth-order valence-corrected chi connectivity index (χ4v) is 4.24. The second kappa shape index (κ2) is 9.49. The molecule has 4 rings (SSSR count). The first-order chi connectivity index (χ1) is 15.0. The highest BCUT2D eigenvalue weighted by atomic mass is 79.9. The van der Waals surface area contributed by atoms with E-state index in [1.807, 2.05) is 66.0 Å². The lowest BCUT2D eigenvalue weighted by atomic mass is 10.1. The molecule has 0 spiro atoms. The Kier molecular flexibility index (Phi) is 6.53. The van der Waals surface area contributed by atoms with Gasteiger partial charge in [-0.1, -0.05) is 51.8 Å². The van der Waals surface area contributed by atoms with Crippen LogP contribution in [0, 0.1) is 6.92 Å². The van der Waals surface area contributed by atoms with Gasteiger partial charge in [-0.05, 0) is 42.6 Å². The minimum atomic E-state index is -0.0146. The van der Waals surface area contributed by atoms with Crippen LogP contribution in [0.2, 0.25) is 0 Å². The summed E-state index contributed by atoms with van der Waals surface area (Å²) in [7, 11) is 1.79. The van der Waals surface area contributed by atoms with Gasteiger partial charge in [0.2, 0.25) is 0 Å². The first kappa shape index (κ1) is 21.3. The Hall–Kier alpha value is -2.90. The Bertz CT molecular complexity index is 1120. The molecule has 0 radical (unpaired) electrons. The molecule has 1 N–H and O–H groups in total. The van der Waals surface area contributed by atoms with E-state index in [9.17, 15) is 4.79 Å². The monoisotopic (exact) mass is 495 g/mol. The standard InChI is InChI=1S/C24H22BrN3O2S/c1-16-5-7-17(8-6-16)20(27-26-19-11-9-18(25)10-12-19)15-30-21-14-28(2)24(29)23(21)22-4-3-13-31-22/h3-13,26H,14-15H2,1-2H3. The number of anilines is 1. The molecular weight excluding hydrogens is 474 g/mol. The molecule has 31 heavy (non-hydrogen) atoms. The number of nitrogens with zero attached hydrogens (tertiary/aromatic N) is 2. The van der Waals surface area contributed by atoms with Gasteiger partial charge in [-0.25, -0.2) is 0 Å². The Labute approximate surface area is 194 Å². The van der Waals surface area contributed by atoms with E-state index in [1.165, 1.54) is 16.9 Å². The van der Waals surface area contributed by atoms with Gasteiger partial charge in [0.05, 0.1) is 17.8 Å². The fourth-order valence-electron chi connectivity index (χ4n) is 3.20. The van der Waals surface area contributed by atoms with E-state index in [-0.39, 0.29) is 12.5 Å². The number of carbonyl (C=O) groups excluding carboxylic acids is 1. The zero-order valence-electron chi connectivity index (χ0n) is 17.3. The summed E-state index contributed by atoms with van der Waals surface area (Å²) in [6.45, 7) is 2.75. The number of aryl methyl sites for hydroxylation is 1. The van der Waals surface area contributed by atoms with Crippen molar-refractivity contribution >= 4 is 50.1 Å². The highest BCUT2D eigenvalue weighted by molar-refractivity contribution is 9.10. The second-order valence-corrected chi connectivity index (χ2v) is 9.13. The highest BCUT2D eigenvalue weighted by Gasteiger charge is 2.31. The maximum Gasteiger partial charge on any atom is 0.258 e. The molecule has 5 nitrogen and oxygen atoms in total. The Balaban J connectivity index is 1.59. The predicted molar refractivity (Wildman–Crippen MR) is 130 cm³/mol. The van der Waals surface area contributed by atoms with E-state index in [4.69, 9.17) is 4.74 Å². The third kappa shape index (κ3) is 5.06. The number of nitrogens with one attached hydrogen (secondary N) is 1. The van der Waals surface area contributed by atoms with Crippen molar-refractivity contribution < 1.29 is 9.53 Å². The third-order valence-corrected chi connectivity index (χ3v) is 6.34. The molecule has 3 aromatic rings. The summed E-state index contributed by atoms with van der Waals surface area (Å²) in [5.74, 6) is 0.665. The summed E-state index contributed by atoms with van der Waals surface area (Å²) in [5, 5.41) is 6.58. The van der Waals surface area contributed by atoms with Crippen molar-refractivity contribution in [3.63, 3.8) is 0 Å². The minimum absolute atomic E-state index is 0.0146. The van der Waals surface area contributed by atoms with Crippen LogP contribution in [0.4, 0.5) is 5.69 Å². The van der Waals surface area contributed by atoms with Crippen molar-refractivity contribution in [3.8, 4) is 0 Å². The van der Waals surface area contributed by atoms with Gasteiger partial charge in [0.15, 0.2) is 0 Å². The summed E-state index contributed by atoms with van der Waals surface area (Å²) in [5.41, 5.74) is 7.52. The van der Waals surface area contributed by atoms with Crippen molar-refractivity contribution in [2.24, 2.45) is 5.10 Å². The van der Waals surface area contributed by atoms with Gasteiger partial charge < -0.3 is 9.64 Å². The zero-order chi connectivity index (χ0) is 21.8. The van der Waals surface area contributed by atoms with E-state index in [1.54, 1.807) is 11.9 Å². The normalized spacial score (nSPS) is 14.4. The first-order valence-electron chi connectivity index (χ1n) is 9.82. The minimum Gasteiger partial charge on any atom is -0.489 e. The molecule has 1 aliphatic rings. The van der Waals surface area contributed by atoms with E-state index < -0.39 is 0 Å². The van der Waals surface area contributed by atoms with E-state index in [2.05, 4.69) is 33.4 Å². The first-order valence-corrected chi connectivity index (χ1v) is 11.5. The number of carbonyl (C=O) groups is 1. The van der Waals surface area contributed by atoms with Gasteiger partial charge in [0.25, 0.3) is 5.91 Å². The molecule has 2 aromatic carbocycles. The van der Waals surface area contributed by atoms with Crippen LogP contribution in [-0.4, -0.2) is 36.7 Å². The molecule has 0 fully saturated rings. The van der Waals surface area contributed by atoms with Crippen molar-refractivity contribution in [1.29, 1.82) is 0 Å². The molecule has 0 unspecified atom stereocenters. The molecule has 0 saturated heterocycles. The molecule has 1 aliphatic heterocycles. The van der Waals surface area contributed by atoms with Crippen LogP contribution in [0.1, 0.15) is 16.0 Å². The largest absolute Gasteiger partial charge is 0.489 e. The zero-order valence-corrected chi connectivity index (χ0v) is 19.7. The van der Waals surface area contributed by atoms with Gasteiger partial charge in [0.1, 0.15) is 18.1 Å². The topological polar surface area (TPSA) is 53.9 Å². The molecule has 158 valence electrons. The van der Waals surface area contributed by atoms with E-state index in [0.717, 1.165) is 26.3 Å². The number of hydrogen-bond acceptors (Lipinski definition) is 5. The summed E-state index contributed by atoms with van der Waals surface area (Å²) in [6, 6.07) is 19.9. The summed E-state index contributed by atoms with van der Waals surface area (Å²) < 4.78 is 7.19. The lowest BCUT2D eigenvalue weighted by Gasteiger charge is -2.13. The van der Waals surface area contributed by atoms with Crippen LogP contribution in [-0.2, 0) is 9.53 Å². The van der Waals surface area contributed by atoms with Crippen molar-refractivity contribution in [2.45, 2.75) is 6.92 Å². The lowest BCUT2D eigenvalue weighted by Crippen LogP contribution is -2.21. The SMILES string of the molecule is Cc1ccc(C(COC2=C(c3cccs3)C(=O)N(C)C2)=NNc2ccc(Br)cc2)cc1. The Morgan fingerprint density at radius 2 is 1.90 bits per heavy atom. The molecule has 0 atom stereocenters. The second-order valence-electron chi connectivity index (χ2n) is 7.27. The summed E-state index contributed by atoms with van der Waals surface area (Å²) >= 11 is 4.98. The average Bonchev–Trinajstić information content (AvgIpc) is 3.38. The number of amides is 1. The van der Waals surface area contributed by atoms with E-state index in [0.29, 0.717) is 17.9 Å². The smallest absolute Gasteiger partial charge is 0.258 e. The molecule has 1 amide bonds. The highest BCUT2D eigenvalue weighted by Crippen LogP contribution is 2.31. The number of hydrazone groups is 1. The fraction of sp³-hybridized carbons (Fsp3) is 0.167. The third-order valence-electron chi connectivity index (χ3n) is 4.92. The number of likely N-dealkylation sites (N-methyl/N-ethyl adjacent to an activating group) is 1. The van der Waals surface area contributed by atoms with Gasteiger partial charge in [0, 0.05) is 22.0 Å². The Morgan fingerprint density at radius 1 is 1.16 bits per heavy atom. The molecule has 0 saturated carbocycles. The van der Waals surface area contributed by atoms with E-state index >= 15 is 0 Å². The van der Waals surface area contributed by atoms with Gasteiger partial charge >= 0.3 is 0 Å². The number of rotatable bonds is 7. The average molecular weight is 496 g/mol. The number of halogens is 1. The number of thiophene rings is 1. The number of ether oxygens (including phenoxy) is 1. The maximum atomic E-state index is 12.7. The summed E-state index contributed by atoms with van der Waals surface area (Å²) in [4.78, 5) is 15.2. The lowest BCUT2D eigenvalue weighted by molar-refractivity contribution is -0.122. The van der Waals surface area contributed by atoms with Crippen LogP contribution in [0.3, 0.4) is 0 Å². The molecule has 0 aliphatic carbocycles. The molecule has 1 aromatic heterocycles. The van der Waals surface area contributed by atoms with Crippen LogP contribution in [0.15, 0.2) is 81.4 Å². The van der Waals surface area contributed by atoms with Crippen molar-refractivity contribution in [3.05, 3.63) is 92.3 Å². The molecule has 2 heterocycles. The van der Waals surface area contributed by atoms with Crippen LogP contribution in [0.25, 0.3) is 5.57 Å². The van der Waals surface area contributed by atoms with Crippen LogP contribution < -0.4 is 5.43 Å². The molecule has 7 heteroatoms. The predicted octanol–water partition coefficient (Wildman–Crippen LogP) is 5.54. The molecular formula is C24H22BrN3O2S. The van der Waals surface area contributed by atoms with Crippen molar-refractivity contribution in [2.75, 3.05) is 25.6 Å². The van der Waals surface area contributed by atoms with Crippen molar-refractivity contribution in [1.82, 2.24) is 4.90 Å². The quantitative estimate of drug-likeness (QED) is 0.346. The van der Waals surface area contributed by atoms with Crippen LogP contribution >= 0.6 is 27.3 Å². The maximum absolute atomic E-state index is 12.7.